The van der Waals surface area contributed by atoms with Gasteiger partial charge in [0, 0.05) is 29.0 Å². The van der Waals surface area contributed by atoms with E-state index in [2.05, 4.69) is 35.8 Å². The lowest BCUT2D eigenvalue weighted by Gasteiger charge is -2.14. The van der Waals surface area contributed by atoms with Crippen LogP contribution < -0.4 is 20.2 Å². The third-order valence-corrected chi connectivity index (χ3v) is 13.0. The standard InChI is InChI=1S/C37H33N9O20S4/c1-17-12-23(26(49)16-29(17)68(56,57)58)40-41-24-14-28(66-11-9-48)25(15-27(24)65-10-8-47)42-43-31-30(69(59,60)61)13-21-20(34(31)50)6-7-22(35(21)70(62,63)64)39-44-33-32(36(38)51)45-46(37(33)52)18-2-4-19(5-3-18)67(53,54)55/h2-7,12-16,33,47-50H,8-11H2,1H3,(H2,38,51)(H,53,54,55)(H,56,57,58)(H,59,60,61)(H,62,63,64). The highest BCUT2D eigenvalue weighted by molar-refractivity contribution is 7.87. The molecule has 0 saturated carbocycles. The van der Waals surface area contributed by atoms with Gasteiger partial charge in [0.25, 0.3) is 52.3 Å². The number of anilines is 1. The average Bonchev–Trinajstić information content (AvgIpc) is 3.60. The zero-order valence-corrected chi connectivity index (χ0v) is 38.3. The van der Waals surface area contributed by atoms with Gasteiger partial charge in [-0.15, -0.1) is 20.5 Å². The predicted octanol–water partition coefficient (Wildman–Crippen LogP) is 3.46. The van der Waals surface area contributed by atoms with Crippen molar-refractivity contribution in [3.63, 3.8) is 0 Å². The van der Waals surface area contributed by atoms with Gasteiger partial charge in [0.2, 0.25) is 6.04 Å². The molecule has 2 amide bonds. The first-order valence-electron chi connectivity index (χ1n) is 18.9. The Bertz CT molecular complexity index is 3570. The molecule has 70 heavy (non-hydrogen) atoms. The highest BCUT2D eigenvalue weighted by atomic mass is 32.2. The van der Waals surface area contributed by atoms with Gasteiger partial charge < -0.3 is 35.6 Å². The Balaban J connectivity index is 1.45. The van der Waals surface area contributed by atoms with E-state index in [1.54, 1.807) is 0 Å². The van der Waals surface area contributed by atoms with Crippen LogP contribution in [0.3, 0.4) is 0 Å². The summed E-state index contributed by atoms with van der Waals surface area (Å²) >= 11 is 0. The maximum Gasteiger partial charge on any atom is 0.297 e. The number of rotatable bonds is 18. The number of phenols is 2. The van der Waals surface area contributed by atoms with Crippen molar-refractivity contribution in [2.45, 2.75) is 32.5 Å². The lowest BCUT2D eigenvalue weighted by Crippen LogP contribution is -2.35. The number of amides is 2. The van der Waals surface area contributed by atoms with Crippen LogP contribution in [0, 0.1) is 6.92 Å². The van der Waals surface area contributed by atoms with E-state index in [-0.39, 0.29) is 39.8 Å². The minimum absolute atomic E-state index is 0.0374. The summed E-state index contributed by atoms with van der Waals surface area (Å²) in [4.78, 5) is 21.9. The van der Waals surface area contributed by atoms with Gasteiger partial charge in [-0.25, -0.2) is 0 Å². The number of benzene rings is 5. The molecule has 5 aromatic rings. The third kappa shape index (κ3) is 11.2. The zero-order valence-electron chi connectivity index (χ0n) is 35.0. The molecule has 1 aliphatic heterocycles. The summed E-state index contributed by atoms with van der Waals surface area (Å²) in [6, 6.07) is 7.88. The highest BCUT2D eigenvalue weighted by Crippen LogP contribution is 2.47. The first kappa shape index (κ1) is 51.9. The van der Waals surface area contributed by atoms with Crippen molar-refractivity contribution >= 4 is 103 Å². The van der Waals surface area contributed by atoms with Gasteiger partial charge in [-0.3, -0.25) is 27.8 Å². The average molecular weight is 1050 g/mol. The van der Waals surface area contributed by atoms with E-state index in [9.17, 15) is 81.9 Å². The lowest BCUT2D eigenvalue weighted by molar-refractivity contribution is -0.118. The zero-order chi connectivity index (χ0) is 51.7. The van der Waals surface area contributed by atoms with Gasteiger partial charge in [0.15, 0.2) is 11.5 Å². The van der Waals surface area contributed by atoms with Crippen LogP contribution >= 0.6 is 0 Å². The molecule has 10 N–H and O–H groups in total. The number of primary amides is 1. The molecule has 1 aliphatic rings. The quantitative estimate of drug-likeness (QED) is 0.0448. The third-order valence-electron chi connectivity index (χ3n) is 9.33. The van der Waals surface area contributed by atoms with Crippen molar-refractivity contribution in [2.75, 3.05) is 31.4 Å². The molecule has 6 rings (SSSR count). The Morgan fingerprint density at radius 3 is 1.74 bits per heavy atom. The smallest absolute Gasteiger partial charge is 0.297 e. The maximum atomic E-state index is 13.4. The molecule has 0 radical (unpaired) electrons. The topological polar surface area (TPSA) is 467 Å². The van der Waals surface area contributed by atoms with E-state index in [1.807, 2.05) is 0 Å². The van der Waals surface area contributed by atoms with Crippen LogP contribution in [-0.4, -0.2) is 122 Å². The van der Waals surface area contributed by atoms with Crippen molar-refractivity contribution in [1.82, 2.24) is 0 Å². The minimum Gasteiger partial charge on any atom is -0.506 e. The molecule has 33 heteroatoms. The molecule has 1 atom stereocenters. The van der Waals surface area contributed by atoms with E-state index in [4.69, 9.17) is 15.2 Å². The van der Waals surface area contributed by atoms with Gasteiger partial charge in [0.05, 0.1) is 23.8 Å². The number of aryl methyl sites for hydroxylation is 1. The predicted molar refractivity (Wildman–Crippen MR) is 237 cm³/mol. The number of fused-ring (bicyclic) bond motifs is 1. The van der Waals surface area contributed by atoms with Crippen LogP contribution in [-0.2, 0) is 50.1 Å². The molecule has 5 aromatic carbocycles. The first-order chi connectivity index (χ1) is 32.6. The van der Waals surface area contributed by atoms with Gasteiger partial charge in [-0.1, -0.05) is 0 Å². The van der Waals surface area contributed by atoms with Crippen molar-refractivity contribution in [1.29, 1.82) is 0 Å². The van der Waals surface area contributed by atoms with Crippen LogP contribution in [0.4, 0.5) is 34.1 Å². The summed E-state index contributed by atoms with van der Waals surface area (Å²) in [7, 11) is -20.5. The Labute approximate surface area is 393 Å². The van der Waals surface area contributed by atoms with Crippen molar-refractivity contribution in [3.8, 4) is 23.0 Å². The molecular formula is C37H33N9O20S4. The molecule has 0 spiro atoms. The van der Waals surface area contributed by atoms with E-state index < -0.39 is 144 Å². The van der Waals surface area contributed by atoms with Crippen LogP contribution in [0.25, 0.3) is 10.8 Å². The molecule has 370 valence electrons. The summed E-state index contributed by atoms with van der Waals surface area (Å²) in [5.74, 6) is -4.97. The summed E-state index contributed by atoms with van der Waals surface area (Å²) in [5, 5.41) is 66.7. The number of nitrogens with two attached hydrogens (primary N) is 1. The van der Waals surface area contributed by atoms with E-state index in [0.717, 1.165) is 54.6 Å². The highest BCUT2D eigenvalue weighted by Gasteiger charge is 2.40. The number of carbonyl (C=O) groups excluding carboxylic acids is 2. The number of aliphatic hydroxyl groups is 2. The Morgan fingerprint density at radius 2 is 1.23 bits per heavy atom. The van der Waals surface area contributed by atoms with E-state index in [0.29, 0.717) is 17.1 Å². The van der Waals surface area contributed by atoms with Crippen LogP contribution in [0.1, 0.15) is 5.56 Å². The number of hydrogen-bond donors (Lipinski definition) is 9. The summed E-state index contributed by atoms with van der Waals surface area (Å²) in [6.45, 7) is -0.699. The Hall–Kier alpha value is -7.47. The minimum atomic E-state index is -5.55. The molecule has 0 aromatic heterocycles. The monoisotopic (exact) mass is 1050 g/mol. The van der Waals surface area contributed by atoms with Crippen molar-refractivity contribution < 1.29 is 91.4 Å². The number of carbonyl (C=O) groups is 2. The number of aliphatic hydroxyl groups excluding tert-OH is 2. The van der Waals surface area contributed by atoms with Crippen LogP contribution in [0.15, 0.2) is 122 Å². The number of azo groups is 3. The van der Waals surface area contributed by atoms with Crippen molar-refractivity contribution in [2.24, 2.45) is 41.5 Å². The van der Waals surface area contributed by atoms with E-state index in [1.165, 1.54) is 6.92 Å². The SMILES string of the molecule is Cc1cc(N=Nc2cc(OCCO)c(N=Nc3c(S(=O)(=O)O)cc4c(S(=O)(=O)O)c(N=NC5C(=O)N(c6ccc(S(=O)(=O)O)cc6)N=C5C(N)=O)ccc4c3O)cc2OCCO)c(O)cc1S(=O)(=O)O. The molecule has 1 unspecified atom stereocenters. The normalized spacial score (nSPS) is 14.9. The number of hydrogen-bond acceptors (Lipinski definition) is 23. The largest absolute Gasteiger partial charge is 0.506 e. The Morgan fingerprint density at radius 1 is 0.671 bits per heavy atom. The second-order valence-electron chi connectivity index (χ2n) is 14.0. The summed E-state index contributed by atoms with van der Waals surface area (Å²) in [6.07, 6.45) is 0. The van der Waals surface area contributed by atoms with Crippen LogP contribution in [0.5, 0.6) is 23.0 Å². The molecule has 0 aliphatic carbocycles. The maximum absolute atomic E-state index is 13.4. The molecular weight excluding hydrogens is 1020 g/mol. The summed E-state index contributed by atoms with van der Waals surface area (Å²) < 4.78 is 148. The number of ether oxygens (including phenoxy) is 2. The van der Waals surface area contributed by atoms with Gasteiger partial charge in [-0.05, 0) is 61.0 Å². The fraction of sp³-hybridized carbons (Fsp3) is 0.162. The fourth-order valence-corrected chi connectivity index (χ4v) is 8.97. The number of nitrogens with zero attached hydrogens (tertiary/aromatic N) is 8. The Kier molecular flexibility index (Phi) is 14.7. The molecule has 29 nitrogen and oxygen atoms in total. The molecule has 1 heterocycles. The second kappa shape index (κ2) is 19.9. The second-order valence-corrected chi connectivity index (χ2v) is 19.6. The first-order valence-corrected chi connectivity index (χ1v) is 24.7. The number of aromatic hydroxyl groups is 2. The van der Waals surface area contributed by atoms with Gasteiger partial charge in [0.1, 0.15) is 73.6 Å². The fourth-order valence-electron chi connectivity index (χ4n) is 6.29. The lowest BCUT2D eigenvalue weighted by atomic mass is 10.1. The molecule has 0 fully saturated rings. The molecule has 0 saturated heterocycles. The molecule has 0 bridgehead atoms. The van der Waals surface area contributed by atoms with E-state index >= 15 is 0 Å². The summed E-state index contributed by atoms with van der Waals surface area (Å²) in [5.41, 5.74) is 1.61. The van der Waals surface area contributed by atoms with Gasteiger partial charge in [-0.2, -0.15) is 54.0 Å². The number of phenolic OH excluding ortho intramolecular Hbond substituents is 2. The number of hydrazone groups is 1. The van der Waals surface area contributed by atoms with Crippen molar-refractivity contribution in [3.05, 3.63) is 72.3 Å². The van der Waals surface area contributed by atoms with Crippen LogP contribution in [0.2, 0.25) is 0 Å². The van der Waals surface area contributed by atoms with Gasteiger partial charge >= 0.3 is 0 Å².